The highest BCUT2D eigenvalue weighted by Gasteiger charge is 2.33. The molecule has 0 saturated heterocycles. The SMILES string of the molecule is CC(C)C12C=CC(CCCCCCCCCCC1)CC2. The van der Waals surface area contributed by atoms with Crippen LogP contribution < -0.4 is 0 Å². The van der Waals surface area contributed by atoms with Crippen molar-refractivity contribution in [3.8, 4) is 0 Å². The van der Waals surface area contributed by atoms with Gasteiger partial charge in [-0.25, -0.2) is 0 Å². The summed E-state index contributed by atoms with van der Waals surface area (Å²) in [5.74, 6) is 1.71. The molecule has 0 aromatic carbocycles. The zero-order valence-corrected chi connectivity index (χ0v) is 14.0. The molecule has 2 bridgehead atoms. The minimum absolute atomic E-state index is 0.538. The maximum absolute atomic E-state index is 2.64. The fourth-order valence-corrected chi connectivity index (χ4v) is 4.28. The van der Waals surface area contributed by atoms with E-state index in [1.807, 2.05) is 0 Å². The van der Waals surface area contributed by atoms with Gasteiger partial charge in [-0.2, -0.15) is 0 Å². The molecule has 0 spiro atoms. The standard InChI is InChI=1S/C20H36/c1-18(2)20-15-11-9-7-5-3-4-6-8-10-12-19(13-16-20)14-17-20/h13,16,18-19H,3-12,14-15,17H2,1-2H3. The van der Waals surface area contributed by atoms with E-state index in [1.54, 1.807) is 0 Å². The Morgan fingerprint density at radius 2 is 1.35 bits per heavy atom. The lowest BCUT2D eigenvalue weighted by molar-refractivity contribution is 0.188. The molecule has 0 aromatic heterocycles. The van der Waals surface area contributed by atoms with E-state index >= 15 is 0 Å². The van der Waals surface area contributed by atoms with Gasteiger partial charge in [0.2, 0.25) is 0 Å². The van der Waals surface area contributed by atoms with Crippen molar-refractivity contribution in [1.82, 2.24) is 0 Å². The molecule has 1 saturated carbocycles. The van der Waals surface area contributed by atoms with Crippen molar-refractivity contribution < 1.29 is 0 Å². The van der Waals surface area contributed by atoms with Crippen molar-refractivity contribution in [3.05, 3.63) is 12.2 Å². The van der Waals surface area contributed by atoms with Crippen LogP contribution in [0.15, 0.2) is 12.2 Å². The zero-order valence-electron chi connectivity index (χ0n) is 14.0. The van der Waals surface area contributed by atoms with E-state index in [0.29, 0.717) is 5.41 Å². The van der Waals surface area contributed by atoms with E-state index in [4.69, 9.17) is 0 Å². The molecular weight excluding hydrogens is 240 g/mol. The lowest BCUT2D eigenvalue weighted by Gasteiger charge is -2.39. The minimum atomic E-state index is 0.538. The summed E-state index contributed by atoms with van der Waals surface area (Å²) >= 11 is 0. The molecule has 0 N–H and O–H groups in total. The van der Waals surface area contributed by atoms with Gasteiger partial charge in [0.1, 0.15) is 0 Å². The van der Waals surface area contributed by atoms with E-state index in [-0.39, 0.29) is 0 Å². The van der Waals surface area contributed by atoms with Crippen LogP contribution in [0.1, 0.15) is 97.3 Å². The molecule has 0 heterocycles. The molecule has 116 valence electrons. The zero-order chi connectivity index (χ0) is 14.3. The van der Waals surface area contributed by atoms with E-state index in [9.17, 15) is 0 Å². The summed E-state index contributed by atoms with van der Waals surface area (Å²) < 4.78 is 0. The van der Waals surface area contributed by atoms with Gasteiger partial charge in [0.05, 0.1) is 0 Å². The Hall–Kier alpha value is -0.260. The quantitative estimate of drug-likeness (QED) is 0.457. The Labute approximate surface area is 127 Å². The van der Waals surface area contributed by atoms with E-state index in [1.165, 1.54) is 83.5 Å². The molecule has 0 aromatic rings. The maximum atomic E-state index is 2.64. The Morgan fingerprint density at radius 3 is 1.90 bits per heavy atom. The molecule has 0 aliphatic heterocycles. The van der Waals surface area contributed by atoms with Gasteiger partial charge in [-0.05, 0) is 42.9 Å². The molecule has 1 fully saturated rings. The fourth-order valence-electron chi connectivity index (χ4n) is 4.28. The van der Waals surface area contributed by atoms with Gasteiger partial charge in [0.25, 0.3) is 0 Å². The van der Waals surface area contributed by atoms with E-state index in [0.717, 1.165) is 11.8 Å². The Bertz CT molecular complexity index is 288. The van der Waals surface area contributed by atoms with Gasteiger partial charge >= 0.3 is 0 Å². The highest BCUT2D eigenvalue weighted by Crippen LogP contribution is 2.44. The third-order valence-corrected chi connectivity index (χ3v) is 6.05. The fraction of sp³-hybridized carbons (Fsp3) is 0.900. The van der Waals surface area contributed by atoms with Crippen LogP contribution in [0, 0.1) is 17.3 Å². The second kappa shape index (κ2) is 8.25. The first-order valence-corrected chi connectivity index (χ1v) is 9.42. The van der Waals surface area contributed by atoms with Crippen LogP contribution in [0.25, 0.3) is 0 Å². The Balaban J connectivity index is 1.96. The van der Waals surface area contributed by atoms with Crippen LogP contribution in [0.3, 0.4) is 0 Å². The number of hydrogen-bond acceptors (Lipinski definition) is 0. The summed E-state index contributed by atoms with van der Waals surface area (Å²) in [6.07, 6.45) is 24.3. The average molecular weight is 277 g/mol. The third-order valence-electron chi connectivity index (χ3n) is 6.05. The molecule has 3 aliphatic carbocycles. The lowest BCUT2D eigenvalue weighted by Crippen LogP contribution is -2.28. The first kappa shape index (κ1) is 16.1. The highest BCUT2D eigenvalue weighted by molar-refractivity contribution is 5.07. The Kier molecular flexibility index (Phi) is 6.65. The van der Waals surface area contributed by atoms with Crippen molar-refractivity contribution in [2.24, 2.45) is 17.3 Å². The summed E-state index contributed by atoms with van der Waals surface area (Å²) in [6, 6.07) is 0. The van der Waals surface area contributed by atoms with Gasteiger partial charge in [-0.3, -0.25) is 0 Å². The smallest absolute Gasteiger partial charge is 0.00949 e. The van der Waals surface area contributed by atoms with Crippen LogP contribution in [-0.2, 0) is 0 Å². The normalized spacial score (nSPS) is 33.9. The number of hydrogen-bond donors (Lipinski definition) is 0. The van der Waals surface area contributed by atoms with Crippen molar-refractivity contribution >= 4 is 0 Å². The summed E-state index contributed by atoms with van der Waals surface area (Å²) in [5, 5.41) is 0. The molecule has 20 heavy (non-hydrogen) atoms. The number of fused-ring (bicyclic) bond motifs is 11. The van der Waals surface area contributed by atoms with Crippen LogP contribution in [0.4, 0.5) is 0 Å². The molecule has 0 heteroatoms. The molecule has 2 atom stereocenters. The van der Waals surface area contributed by atoms with Crippen molar-refractivity contribution in [2.75, 3.05) is 0 Å². The molecule has 0 radical (unpaired) electrons. The van der Waals surface area contributed by atoms with Gasteiger partial charge in [-0.15, -0.1) is 0 Å². The molecular formula is C20H36. The summed E-state index contributed by atoms with van der Waals surface area (Å²) in [7, 11) is 0. The van der Waals surface area contributed by atoms with Crippen LogP contribution in [0.2, 0.25) is 0 Å². The van der Waals surface area contributed by atoms with Crippen LogP contribution in [-0.4, -0.2) is 0 Å². The summed E-state index contributed by atoms with van der Waals surface area (Å²) in [5.41, 5.74) is 0.538. The topological polar surface area (TPSA) is 0 Å². The molecule has 2 unspecified atom stereocenters. The predicted octanol–water partition coefficient (Wildman–Crippen LogP) is 6.90. The maximum Gasteiger partial charge on any atom is -0.00949 e. The third kappa shape index (κ3) is 4.64. The Morgan fingerprint density at radius 1 is 0.750 bits per heavy atom. The van der Waals surface area contributed by atoms with Crippen LogP contribution >= 0.6 is 0 Å². The van der Waals surface area contributed by atoms with Gasteiger partial charge in [0.15, 0.2) is 0 Å². The van der Waals surface area contributed by atoms with Crippen molar-refractivity contribution in [1.29, 1.82) is 0 Å². The highest BCUT2D eigenvalue weighted by atomic mass is 14.4. The van der Waals surface area contributed by atoms with Crippen molar-refractivity contribution in [3.63, 3.8) is 0 Å². The first-order valence-electron chi connectivity index (χ1n) is 9.42. The number of rotatable bonds is 1. The lowest BCUT2D eigenvalue weighted by atomic mass is 9.65. The number of allylic oxidation sites excluding steroid dienone is 2. The largest absolute Gasteiger partial charge is 0.0849 e. The van der Waals surface area contributed by atoms with E-state index in [2.05, 4.69) is 26.0 Å². The van der Waals surface area contributed by atoms with Crippen LogP contribution in [0.5, 0.6) is 0 Å². The average Bonchev–Trinajstić information content (AvgIpc) is 2.46. The first-order chi connectivity index (χ1) is 9.73. The van der Waals surface area contributed by atoms with Gasteiger partial charge in [0, 0.05) is 0 Å². The van der Waals surface area contributed by atoms with E-state index < -0.39 is 0 Å². The monoisotopic (exact) mass is 276 g/mol. The second-order valence-electron chi connectivity index (χ2n) is 7.77. The molecule has 0 nitrogen and oxygen atoms in total. The van der Waals surface area contributed by atoms with Gasteiger partial charge < -0.3 is 0 Å². The molecule has 0 amide bonds. The summed E-state index contributed by atoms with van der Waals surface area (Å²) in [6.45, 7) is 4.89. The minimum Gasteiger partial charge on any atom is -0.0849 e. The molecule has 3 aliphatic rings. The predicted molar refractivity (Wildman–Crippen MR) is 89.9 cm³/mol. The van der Waals surface area contributed by atoms with Gasteiger partial charge in [-0.1, -0.05) is 83.8 Å². The van der Waals surface area contributed by atoms with Crippen molar-refractivity contribution in [2.45, 2.75) is 97.3 Å². The second-order valence-corrected chi connectivity index (χ2v) is 7.77. The molecule has 3 rings (SSSR count). The summed E-state index contributed by atoms with van der Waals surface area (Å²) in [4.78, 5) is 0.